The Morgan fingerprint density at radius 1 is 1.15 bits per heavy atom. The van der Waals surface area contributed by atoms with Crippen molar-refractivity contribution >= 4 is 62.4 Å². The number of methoxy groups -OCH3 is 1. The summed E-state index contributed by atoms with van der Waals surface area (Å²) in [5.41, 5.74) is 1.96. The molecule has 0 unspecified atom stereocenters. The average Bonchev–Trinajstić information content (AvgIpc) is 3.13. The van der Waals surface area contributed by atoms with E-state index in [1.165, 1.54) is 28.7 Å². The van der Waals surface area contributed by atoms with Crippen molar-refractivity contribution in [1.29, 1.82) is 0 Å². The average molecular weight is 482 g/mol. The fourth-order valence-electron chi connectivity index (χ4n) is 2.07. The van der Waals surface area contributed by atoms with E-state index in [9.17, 15) is 4.79 Å². The standard InChI is InChI=1S/C18H16BrN3O2S3/c1-24-15-7-5-12(6-8-15)10-25-17-21-22-18(27-17)26-11-16(23)20-14-4-2-3-13(19)9-14/h2-9H,10-11H2,1H3,(H,20,23). The van der Waals surface area contributed by atoms with Crippen LogP contribution in [-0.2, 0) is 10.5 Å². The summed E-state index contributed by atoms with van der Waals surface area (Å²) >= 11 is 7.91. The molecule has 3 aromatic rings. The number of nitrogens with zero attached hydrogens (tertiary/aromatic N) is 2. The van der Waals surface area contributed by atoms with Gasteiger partial charge in [-0.2, -0.15) is 0 Å². The molecule has 0 aliphatic carbocycles. The van der Waals surface area contributed by atoms with E-state index in [1.807, 2.05) is 48.5 Å². The first kappa shape index (κ1) is 20.2. The van der Waals surface area contributed by atoms with Gasteiger partial charge in [0.1, 0.15) is 5.75 Å². The molecule has 1 aromatic heterocycles. The van der Waals surface area contributed by atoms with Gasteiger partial charge in [0.05, 0.1) is 12.9 Å². The van der Waals surface area contributed by atoms with Crippen molar-refractivity contribution in [3.05, 3.63) is 58.6 Å². The molecule has 0 aliphatic heterocycles. The van der Waals surface area contributed by atoms with Crippen LogP contribution in [0.3, 0.4) is 0 Å². The van der Waals surface area contributed by atoms with Crippen LogP contribution in [0.1, 0.15) is 5.56 Å². The molecule has 0 fully saturated rings. The Morgan fingerprint density at radius 2 is 1.89 bits per heavy atom. The number of ether oxygens (including phenoxy) is 1. The van der Waals surface area contributed by atoms with Gasteiger partial charge in [0.15, 0.2) is 8.68 Å². The monoisotopic (exact) mass is 481 g/mol. The molecule has 0 atom stereocenters. The highest BCUT2D eigenvalue weighted by Gasteiger charge is 2.09. The molecular weight excluding hydrogens is 466 g/mol. The molecule has 1 heterocycles. The van der Waals surface area contributed by atoms with E-state index >= 15 is 0 Å². The van der Waals surface area contributed by atoms with Gasteiger partial charge in [-0.05, 0) is 35.9 Å². The molecule has 9 heteroatoms. The third-order valence-electron chi connectivity index (χ3n) is 3.34. The lowest BCUT2D eigenvalue weighted by Crippen LogP contribution is -2.13. The Kier molecular flexibility index (Phi) is 7.57. The van der Waals surface area contributed by atoms with Crippen LogP contribution in [0, 0.1) is 0 Å². The molecule has 3 rings (SSSR count). The van der Waals surface area contributed by atoms with Crippen molar-refractivity contribution in [2.45, 2.75) is 14.4 Å². The molecule has 1 amide bonds. The van der Waals surface area contributed by atoms with Crippen LogP contribution in [0.5, 0.6) is 5.75 Å². The predicted molar refractivity (Wildman–Crippen MR) is 116 cm³/mol. The molecule has 0 aliphatic rings. The molecule has 5 nitrogen and oxygen atoms in total. The van der Waals surface area contributed by atoms with Crippen LogP contribution in [0.4, 0.5) is 5.69 Å². The van der Waals surface area contributed by atoms with Crippen LogP contribution in [0.15, 0.2) is 61.7 Å². The molecule has 140 valence electrons. The van der Waals surface area contributed by atoms with Gasteiger partial charge in [-0.3, -0.25) is 4.79 Å². The first-order valence-electron chi connectivity index (χ1n) is 7.90. The lowest BCUT2D eigenvalue weighted by Gasteiger charge is -2.04. The fourth-order valence-corrected chi connectivity index (χ4v) is 5.25. The number of aromatic nitrogens is 2. The largest absolute Gasteiger partial charge is 0.497 e. The zero-order chi connectivity index (χ0) is 19.1. The van der Waals surface area contributed by atoms with Crippen molar-refractivity contribution < 1.29 is 9.53 Å². The van der Waals surface area contributed by atoms with Crippen molar-refractivity contribution in [3.63, 3.8) is 0 Å². The number of carbonyl (C=O) groups is 1. The lowest BCUT2D eigenvalue weighted by molar-refractivity contribution is -0.113. The van der Waals surface area contributed by atoms with Crippen LogP contribution in [0.25, 0.3) is 0 Å². The number of hydrogen-bond donors (Lipinski definition) is 1. The molecule has 0 bridgehead atoms. The van der Waals surface area contributed by atoms with Crippen molar-refractivity contribution in [2.75, 3.05) is 18.2 Å². The van der Waals surface area contributed by atoms with Gasteiger partial charge < -0.3 is 10.1 Å². The van der Waals surface area contributed by atoms with Crippen LogP contribution >= 0.6 is 50.8 Å². The Balaban J connectivity index is 1.45. The maximum atomic E-state index is 12.1. The maximum Gasteiger partial charge on any atom is 0.234 e. The van der Waals surface area contributed by atoms with E-state index in [2.05, 4.69) is 31.4 Å². The Bertz CT molecular complexity index is 903. The zero-order valence-corrected chi connectivity index (χ0v) is 18.4. The van der Waals surface area contributed by atoms with Gasteiger partial charge in [-0.1, -0.05) is 69.0 Å². The molecule has 0 saturated carbocycles. The summed E-state index contributed by atoms with van der Waals surface area (Å²) in [6, 6.07) is 15.5. The van der Waals surface area contributed by atoms with Crippen molar-refractivity contribution in [2.24, 2.45) is 0 Å². The molecule has 27 heavy (non-hydrogen) atoms. The zero-order valence-electron chi connectivity index (χ0n) is 14.3. The first-order valence-corrected chi connectivity index (χ1v) is 11.5. The number of anilines is 1. The molecule has 2 aromatic carbocycles. The van der Waals surface area contributed by atoms with Crippen LogP contribution in [-0.4, -0.2) is 29.0 Å². The lowest BCUT2D eigenvalue weighted by atomic mass is 10.2. The maximum absolute atomic E-state index is 12.1. The Hall–Kier alpha value is -1.55. The molecule has 0 radical (unpaired) electrons. The van der Waals surface area contributed by atoms with Gasteiger partial charge in [-0.25, -0.2) is 0 Å². The highest BCUT2D eigenvalue weighted by Crippen LogP contribution is 2.31. The van der Waals surface area contributed by atoms with Crippen LogP contribution in [0.2, 0.25) is 0 Å². The minimum absolute atomic E-state index is 0.0688. The summed E-state index contributed by atoms with van der Waals surface area (Å²) in [7, 11) is 1.66. The van der Waals surface area contributed by atoms with Gasteiger partial charge in [0.25, 0.3) is 0 Å². The van der Waals surface area contributed by atoms with E-state index in [-0.39, 0.29) is 5.91 Å². The third-order valence-corrected chi connectivity index (χ3v) is 7.10. The number of nitrogens with one attached hydrogen (secondary N) is 1. The fraction of sp³-hybridized carbons (Fsp3) is 0.167. The summed E-state index contributed by atoms with van der Waals surface area (Å²) < 4.78 is 7.76. The second-order valence-corrected chi connectivity index (χ2v) is 9.66. The van der Waals surface area contributed by atoms with Gasteiger partial charge in [0, 0.05) is 15.9 Å². The van der Waals surface area contributed by atoms with E-state index in [4.69, 9.17) is 4.74 Å². The summed E-state index contributed by atoms with van der Waals surface area (Å²) in [6.45, 7) is 0. The quantitative estimate of drug-likeness (QED) is 0.438. The first-order chi connectivity index (χ1) is 13.1. The van der Waals surface area contributed by atoms with Gasteiger partial charge in [-0.15, -0.1) is 10.2 Å². The third kappa shape index (κ3) is 6.53. The Morgan fingerprint density at radius 3 is 2.59 bits per heavy atom. The minimum Gasteiger partial charge on any atom is -0.497 e. The van der Waals surface area contributed by atoms with E-state index in [0.29, 0.717) is 5.75 Å². The predicted octanol–water partition coefficient (Wildman–Crippen LogP) is 5.33. The topological polar surface area (TPSA) is 64.1 Å². The number of amides is 1. The van der Waals surface area contributed by atoms with Crippen molar-refractivity contribution in [1.82, 2.24) is 10.2 Å². The second-order valence-electron chi connectivity index (χ2n) is 5.32. The normalized spacial score (nSPS) is 10.6. The van der Waals surface area contributed by atoms with Gasteiger partial charge >= 0.3 is 0 Å². The van der Waals surface area contributed by atoms with E-state index in [1.54, 1.807) is 18.9 Å². The van der Waals surface area contributed by atoms with Gasteiger partial charge in [0.2, 0.25) is 5.91 Å². The molecule has 0 spiro atoms. The second kappa shape index (κ2) is 10.1. The highest BCUT2D eigenvalue weighted by molar-refractivity contribution is 9.10. The molecule has 0 saturated heterocycles. The number of carbonyl (C=O) groups excluding carboxylic acids is 1. The SMILES string of the molecule is COc1ccc(CSc2nnc(SCC(=O)Nc3cccc(Br)c3)s2)cc1. The number of halogens is 1. The van der Waals surface area contributed by atoms with E-state index < -0.39 is 0 Å². The summed E-state index contributed by atoms with van der Waals surface area (Å²) in [6.07, 6.45) is 0. The number of rotatable bonds is 8. The Labute approximate surface area is 178 Å². The highest BCUT2D eigenvalue weighted by atomic mass is 79.9. The number of hydrogen-bond acceptors (Lipinski definition) is 7. The molecule has 1 N–H and O–H groups in total. The number of benzene rings is 2. The summed E-state index contributed by atoms with van der Waals surface area (Å²) in [4.78, 5) is 12.1. The van der Waals surface area contributed by atoms with Crippen molar-refractivity contribution in [3.8, 4) is 5.75 Å². The number of thioether (sulfide) groups is 2. The minimum atomic E-state index is -0.0688. The van der Waals surface area contributed by atoms with Crippen LogP contribution < -0.4 is 10.1 Å². The smallest absolute Gasteiger partial charge is 0.234 e. The van der Waals surface area contributed by atoms with E-state index in [0.717, 1.165) is 30.3 Å². The summed E-state index contributed by atoms with van der Waals surface area (Å²) in [5, 5.41) is 11.2. The molecular formula is C18H16BrN3O2S3. The summed E-state index contributed by atoms with van der Waals surface area (Å²) in [5.74, 6) is 1.89.